The van der Waals surface area contributed by atoms with Crippen molar-refractivity contribution in [1.82, 2.24) is 9.97 Å². The Kier molecular flexibility index (Phi) is 5.73. The van der Waals surface area contributed by atoms with E-state index in [4.69, 9.17) is 5.73 Å². The molecule has 2 heterocycles. The van der Waals surface area contributed by atoms with Crippen molar-refractivity contribution in [3.05, 3.63) is 71.6 Å². The number of alkyl halides is 3. The second-order valence-electron chi connectivity index (χ2n) is 6.83. The lowest BCUT2D eigenvalue weighted by atomic mass is 10.0. The molecule has 0 saturated carbocycles. The van der Waals surface area contributed by atoms with Gasteiger partial charge in [0.15, 0.2) is 0 Å². The number of aromatic nitrogens is 2. The Labute approximate surface area is 188 Å². The Morgan fingerprint density at radius 2 is 1.82 bits per heavy atom. The molecule has 4 rings (SSSR count). The van der Waals surface area contributed by atoms with Gasteiger partial charge in [-0.3, -0.25) is 0 Å². The second kappa shape index (κ2) is 8.51. The van der Waals surface area contributed by atoms with Crippen molar-refractivity contribution < 1.29 is 22.4 Å². The number of anilines is 3. The average molecular weight is 473 g/mol. The third-order valence-electron chi connectivity index (χ3n) is 4.70. The topological polar surface area (TPSA) is 92.9 Å². The van der Waals surface area contributed by atoms with Crippen LogP contribution in [0.4, 0.5) is 39.5 Å². The normalized spacial score (nSPS) is 11.4. The van der Waals surface area contributed by atoms with Gasteiger partial charge in [-0.15, -0.1) is 11.3 Å². The number of carbonyl (C=O) groups is 1. The van der Waals surface area contributed by atoms with Crippen molar-refractivity contribution in [2.45, 2.75) is 6.18 Å². The molecule has 0 saturated heterocycles. The van der Waals surface area contributed by atoms with Crippen LogP contribution in [0.3, 0.4) is 0 Å². The average Bonchev–Trinajstić information content (AvgIpc) is 3.15. The molecule has 0 radical (unpaired) electrons. The summed E-state index contributed by atoms with van der Waals surface area (Å²) in [6.45, 7) is 3.82. The Morgan fingerprint density at radius 3 is 2.48 bits per heavy atom. The van der Waals surface area contributed by atoms with Crippen molar-refractivity contribution in [2.75, 3.05) is 16.4 Å². The number of nitrogens with two attached hydrogens (primary N) is 1. The Morgan fingerprint density at radius 1 is 1.09 bits per heavy atom. The molecule has 6 nitrogen and oxygen atoms in total. The summed E-state index contributed by atoms with van der Waals surface area (Å²) in [7, 11) is 0. The molecule has 33 heavy (non-hydrogen) atoms. The molecule has 0 spiro atoms. The van der Waals surface area contributed by atoms with Crippen molar-refractivity contribution in [1.29, 1.82) is 0 Å². The number of nitrogens with one attached hydrogen (secondary N) is 2. The minimum absolute atomic E-state index is 0.323. The highest BCUT2D eigenvalue weighted by Gasteiger charge is 2.31. The van der Waals surface area contributed by atoms with E-state index in [0.717, 1.165) is 16.0 Å². The molecule has 0 bridgehead atoms. The largest absolute Gasteiger partial charge is 0.416 e. The SMILES string of the molecule is C=Cc1sc2ncnc(N)c2c1-c1ccc(NC(=O)Nc2cc(C(F)(F)F)ccc2F)cc1. The number of fused-ring (bicyclic) bond motifs is 1. The zero-order chi connectivity index (χ0) is 23.8. The van der Waals surface area contributed by atoms with Crippen LogP contribution in [0, 0.1) is 5.82 Å². The monoisotopic (exact) mass is 473 g/mol. The summed E-state index contributed by atoms with van der Waals surface area (Å²) in [5.74, 6) is -0.668. The fourth-order valence-electron chi connectivity index (χ4n) is 3.21. The van der Waals surface area contributed by atoms with E-state index >= 15 is 0 Å². The minimum Gasteiger partial charge on any atom is -0.383 e. The van der Waals surface area contributed by atoms with Gasteiger partial charge in [-0.2, -0.15) is 13.2 Å². The maximum atomic E-state index is 13.9. The molecule has 4 aromatic rings. The zero-order valence-electron chi connectivity index (χ0n) is 16.7. The van der Waals surface area contributed by atoms with E-state index in [-0.39, 0.29) is 0 Å². The third-order valence-corrected chi connectivity index (χ3v) is 5.80. The minimum atomic E-state index is -4.67. The lowest BCUT2D eigenvalue weighted by Gasteiger charge is -2.12. The first-order chi connectivity index (χ1) is 15.7. The molecule has 168 valence electrons. The van der Waals surface area contributed by atoms with Gasteiger partial charge in [-0.25, -0.2) is 19.2 Å². The molecule has 0 aliphatic rings. The number of carbonyl (C=O) groups excluding carboxylic acids is 1. The van der Waals surface area contributed by atoms with E-state index in [1.807, 2.05) is 0 Å². The summed E-state index contributed by atoms with van der Waals surface area (Å²) >= 11 is 1.41. The van der Waals surface area contributed by atoms with Crippen molar-refractivity contribution in [3.8, 4) is 11.1 Å². The first kappa shape index (κ1) is 22.2. The van der Waals surface area contributed by atoms with E-state index in [2.05, 4.69) is 27.2 Å². The number of halogens is 4. The van der Waals surface area contributed by atoms with Gasteiger partial charge in [-0.1, -0.05) is 24.8 Å². The molecule has 0 aliphatic carbocycles. The van der Waals surface area contributed by atoms with Gasteiger partial charge in [0.05, 0.1) is 16.6 Å². The van der Waals surface area contributed by atoms with Gasteiger partial charge < -0.3 is 16.4 Å². The van der Waals surface area contributed by atoms with E-state index in [9.17, 15) is 22.4 Å². The first-order valence-electron chi connectivity index (χ1n) is 9.38. The summed E-state index contributed by atoms with van der Waals surface area (Å²) in [6.07, 6.45) is -1.60. The van der Waals surface area contributed by atoms with Crippen molar-refractivity contribution in [2.24, 2.45) is 0 Å². The highest BCUT2D eigenvalue weighted by Crippen LogP contribution is 2.40. The molecule has 0 unspecified atom stereocenters. The van der Waals surface area contributed by atoms with Gasteiger partial charge in [0.25, 0.3) is 0 Å². The van der Waals surface area contributed by atoms with Crippen LogP contribution >= 0.6 is 11.3 Å². The van der Waals surface area contributed by atoms with Crippen LogP contribution in [0.2, 0.25) is 0 Å². The lowest BCUT2D eigenvalue weighted by molar-refractivity contribution is -0.137. The number of hydrogen-bond acceptors (Lipinski definition) is 5. The van der Waals surface area contributed by atoms with Crippen LogP contribution in [-0.4, -0.2) is 16.0 Å². The molecule has 4 N–H and O–H groups in total. The van der Waals surface area contributed by atoms with E-state index in [0.29, 0.717) is 39.9 Å². The number of urea groups is 1. The second-order valence-corrected chi connectivity index (χ2v) is 7.86. The molecular formula is C22H15F4N5OS. The van der Waals surface area contributed by atoms with E-state index in [1.165, 1.54) is 17.7 Å². The number of hydrogen-bond donors (Lipinski definition) is 3. The van der Waals surface area contributed by atoms with Crippen LogP contribution < -0.4 is 16.4 Å². The van der Waals surface area contributed by atoms with Crippen molar-refractivity contribution >= 4 is 50.9 Å². The summed E-state index contributed by atoms with van der Waals surface area (Å²) in [5.41, 5.74) is 6.28. The van der Waals surface area contributed by atoms with Gasteiger partial charge in [0.2, 0.25) is 0 Å². The molecular weight excluding hydrogens is 458 g/mol. The van der Waals surface area contributed by atoms with Crippen LogP contribution in [0.25, 0.3) is 27.4 Å². The Bertz CT molecular complexity index is 1370. The zero-order valence-corrected chi connectivity index (χ0v) is 17.5. The van der Waals surface area contributed by atoms with Gasteiger partial charge in [0, 0.05) is 16.1 Å². The number of benzene rings is 2. The van der Waals surface area contributed by atoms with Crippen LogP contribution in [-0.2, 0) is 6.18 Å². The van der Waals surface area contributed by atoms with Gasteiger partial charge in [-0.05, 0) is 35.9 Å². The van der Waals surface area contributed by atoms with E-state index < -0.39 is 29.3 Å². The van der Waals surface area contributed by atoms with Crippen LogP contribution in [0.5, 0.6) is 0 Å². The predicted molar refractivity (Wildman–Crippen MR) is 121 cm³/mol. The number of amides is 2. The van der Waals surface area contributed by atoms with E-state index in [1.54, 1.807) is 30.3 Å². The summed E-state index contributed by atoms with van der Waals surface area (Å²) in [6, 6.07) is 7.50. The van der Waals surface area contributed by atoms with Gasteiger partial charge >= 0.3 is 12.2 Å². The summed E-state index contributed by atoms with van der Waals surface area (Å²) < 4.78 is 52.4. The fraction of sp³-hybridized carbons (Fsp3) is 0.0455. The quantitative estimate of drug-likeness (QED) is 0.300. The summed E-state index contributed by atoms with van der Waals surface area (Å²) in [4.78, 5) is 22.0. The smallest absolute Gasteiger partial charge is 0.383 e. The molecule has 11 heteroatoms. The highest BCUT2D eigenvalue weighted by molar-refractivity contribution is 7.20. The first-order valence-corrected chi connectivity index (χ1v) is 10.2. The molecule has 0 fully saturated rings. The number of nitrogens with zero attached hydrogens (tertiary/aromatic N) is 2. The number of rotatable bonds is 4. The fourth-order valence-corrected chi connectivity index (χ4v) is 4.23. The molecule has 0 aliphatic heterocycles. The van der Waals surface area contributed by atoms with Crippen LogP contribution in [0.15, 0.2) is 55.4 Å². The Balaban J connectivity index is 1.56. The predicted octanol–water partition coefficient (Wildman–Crippen LogP) is 6.39. The number of nitrogen functional groups attached to an aromatic ring is 1. The molecule has 0 atom stereocenters. The van der Waals surface area contributed by atoms with Gasteiger partial charge in [0.1, 0.15) is 22.8 Å². The third kappa shape index (κ3) is 4.48. The Hall–Kier alpha value is -3.99. The maximum absolute atomic E-state index is 13.9. The number of thiophene rings is 1. The standard InChI is InChI=1S/C22H15F4N5OS/c1-2-16-17(18-19(27)28-10-29-20(18)33-16)11-3-6-13(7-4-11)30-21(32)31-15-9-12(22(24,25)26)5-8-14(15)23/h2-10H,1H2,(H2,27,28,29)(H2,30,31,32). The molecule has 2 aromatic carbocycles. The lowest BCUT2D eigenvalue weighted by Crippen LogP contribution is -2.20. The van der Waals surface area contributed by atoms with Crippen LogP contribution in [0.1, 0.15) is 10.4 Å². The maximum Gasteiger partial charge on any atom is 0.416 e. The highest BCUT2D eigenvalue weighted by atomic mass is 32.1. The molecule has 2 amide bonds. The molecule has 2 aromatic heterocycles. The summed E-state index contributed by atoms with van der Waals surface area (Å²) in [5, 5.41) is 5.24. The van der Waals surface area contributed by atoms with Crippen molar-refractivity contribution in [3.63, 3.8) is 0 Å².